The van der Waals surface area contributed by atoms with E-state index in [1.165, 1.54) is 12.8 Å². The van der Waals surface area contributed by atoms with Crippen molar-refractivity contribution in [3.8, 4) is 0 Å². The molecule has 1 rings (SSSR count). The van der Waals surface area contributed by atoms with Crippen LogP contribution in [0.4, 0.5) is 11.4 Å². The van der Waals surface area contributed by atoms with E-state index < -0.39 is 0 Å². The Labute approximate surface area is 85.7 Å². The van der Waals surface area contributed by atoms with Gasteiger partial charge in [-0.1, -0.05) is 25.5 Å². The van der Waals surface area contributed by atoms with Gasteiger partial charge in [-0.2, -0.15) is 0 Å². The second-order valence-corrected chi connectivity index (χ2v) is 3.29. The SMILES string of the molecule is CCCCNCNc1ccccc1N. The molecule has 0 aliphatic heterocycles. The molecule has 1 aromatic carbocycles. The maximum Gasteiger partial charge on any atom is 0.0653 e. The van der Waals surface area contributed by atoms with Crippen LogP contribution in [0.2, 0.25) is 0 Å². The van der Waals surface area contributed by atoms with Crippen molar-refractivity contribution in [1.82, 2.24) is 5.32 Å². The first-order valence-electron chi connectivity index (χ1n) is 5.13. The van der Waals surface area contributed by atoms with Gasteiger partial charge in [-0.3, -0.25) is 0 Å². The van der Waals surface area contributed by atoms with Gasteiger partial charge in [0.25, 0.3) is 0 Å². The Morgan fingerprint density at radius 3 is 2.79 bits per heavy atom. The molecule has 0 unspecified atom stereocenters. The third-order valence-corrected chi connectivity index (χ3v) is 2.07. The van der Waals surface area contributed by atoms with Crippen LogP contribution >= 0.6 is 0 Å². The van der Waals surface area contributed by atoms with Gasteiger partial charge in [-0.05, 0) is 25.1 Å². The van der Waals surface area contributed by atoms with Crippen LogP contribution < -0.4 is 16.4 Å². The van der Waals surface area contributed by atoms with Crippen molar-refractivity contribution < 1.29 is 0 Å². The number of nitrogens with one attached hydrogen (secondary N) is 2. The number of unbranched alkanes of at least 4 members (excludes halogenated alkanes) is 1. The number of anilines is 2. The predicted octanol–water partition coefficient (Wildman–Crippen LogP) is 2.03. The van der Waals surface area contributed by atoms with Crippen LogP contribution in [-0.4, -0.2) is 13.2 Å². The number of benzene rings is 1. The van der Waals surface area contributed by atoms with E-state index in [0.29, 0.717) is 0 Å². The fraction of sp³-hybridized carbons (Fsp3) is 0.455. The highest BCUT2D eigenvalue weighted by atomic mass is 15.1. The molecule has 0 amide bonds. The molecule has 3 nitrogen and oxygen atoms in total. The summed E-state index contributed by atoms with van der Waals surface area (Å²) >= 11 is 0. The van der Waals surface area contributed by atoms with Crippen molar-refractivity contribution in [2.75, 3.05) is 24.3 Å². The van der Waals surface area contributed by atoms with Crippen molar-refractivity contribution in [3.63, 3.8) is 0 Å². The highest BCUT2D eigenvalue weighted by Gasteiger charge is 1.94. The van der Waals surface area contributed by atoms with Crippen molar-refractivity contribution in [2.24, 2.45) is 0 Å². The minimum atomic E-state index is 0.772. The standard InChI is InChI=1S/C11H19N3/c1-2-3-8-13-9-14-11-7-5-4-6-10(11)12/h4-7,13-14H,2-3,8-9,12H2,1H3. The number of para-hydroxylation sites is 2. The second kappa shape index (κ2) is 6.27. The van der Waals surface area contributed by atoms with E-state index in [2.05, 4.69) is 17.6 Å². The fourth-order valence-corrected chi connectivity index (χ4v) is 1.21. The van der Waals surface area contributed by atoms with Crippen LogP contribution in [0, 0.1) is 0 Å². The molecule has 0 fully saturated rings. The number of rotatable bonds is 6. The Kier molecular flexibility index (Phi) is 4.86. The molecular weight excluding hydrogens is 174 g/mol. The smallest absolute Gasteiger partial charge is 0.0653 e. The van der Waals surface area contributed by atoms with E-state index in [1.807, 2.05) is 24.3 Å². The summed E-state index contributed by atoms with van der Waals surface area (Å²) < 4.78 is 0. The normalized spacial score (nSPS) is 10.1. The largest absolute Gasteiger partial charge is 0.397 e. The van der Waals surface area contributed by atoms with Gasteiger partial charge in [0.2, 0.25) is 0 Å². The summed E-state index contributed by atoms with van der Waals surface area (Å²) in [7, 11) is 0. The lowest BCUT2D eigenvalue weighted by Gasteiger charge is -2.09. The average Bonchev–Trinajstić information content (AvgIpc) is 2.20. The van der Waals surface area contributed by atoms with Crippen LogP contribution in [-0.2, 0) is 0 Å². The Balaban J connectivity index is 2.21. The molecule has 0 spiro atoms. The first-order chi connectivity index (χ1) is 6.84. The third kappa shape index (κ3) is 3.66. The average molecular weight is 193 g/mol. The molecule has 0 aliphatic rings. The number of hydrogen-bond acceptors (Lipinski definition) is 3. The maximum atomic E-state index is 5.77. The van der Waals surface area contributed by atoms with Gasteiger partial charge in [0, 0.05) is 0 Å². The van der Waals surface area contributed by atoms with Gasteiger partial charge in [0.05, 0.1) is 18.0 Å². The zero-order valence-corrected chi connectivity index (χ0v) is 8.72. The summed E-state index contributed by atoms with van der Waals surface area (Å²) in [6.07, 6.45) is 2.44. The number of nitrogen functional groups attached to an aromatic ring is 1. The molecule has 0 saturated carbocycles. The molecule has 0 radical (unpaired) electrons. The molecule has 0 bridgehead atoms. The van der Waals surface area contributed by atoms with E-state index in [9.17, 15) is 0 Å². The Morgan fingerprint density at radius 1 is 1.29 bits per heavy atom. The molecule has 78 valence electrons. The molecule has 1 aromatic rings. The molecule has 0 aromatic heterocycles. The molecule has 3 heteroatoms. The van der Waals surface area contributed by atoms with Crippen molar-refractivity contribution in [2.45, 2.75) is 19.8 Å². The van der Waals surface area contributed by atoms with Crippen molar-refractivity contribution >= 4 is 11.4 Å². The summed E-state index contributed by atoms with van der Waals surface area (Å²) in [5, 5.41) is 6.53. The molecule has 0 aliphatic carbocycles. The molecule has 0 saturated heterocycles. The lowest BCUT2D eigenvalue weighted by atomic mass is 10.3. The fourth-order valence-electron chi connectivity index (χ4n) is 1.21. The molecular formula is C11H19N3. The van der Waals surface area contributed by atoms with Crippen LogP contribution in [0.1, 0.15) is 19.8 Å². The lowest BCUT2D eigenvalue weighted by molar-refractivity contribution is 0.668. The first-order valence-corrected chi connectivity index (χ1v) is 5.13. The molecule has 14 heavy (non-hydrogen) atoms. The van der Waals surface area contributed by atoms with Gasteiger partial charge < -0.3 is 16.4 Å². The Hall–Kier alpha value is -1.22. The zero-order chi connectivity index (χ0) is 10.2. The predicted molar refractivity (Wildman–Crippen MR) is 62.3 cm³/mol. The van der Waals surface area contributed by atoms with Gasteiger partial charge in [0.1, 0.15) is 0 Å². The van der Waals surface area contributed by atoms with E-state index in [4.69, 9.17) is 5.73 Å². The zero-order valence-electron chi connectivity index (χ0n) is 8.72. The highest BCUT2D eigenvalue weighted by Crippen LogP contribution is 2.15. The van der Waals surface area contributed by atoms with Crippen LogP contribution in [0.25, 0.3) is 0 Å². The Morgan fingerprint density at radius 2 is 2.07 bits per heavy atom. The van der Waals surface area contributed by atoms with Gasteiger partial charge in [-0.15, -0.1) is 0 Å². The molecule has 4 N–H and O–H groups in total. The monoisotopic (exact) mass is 193 g/mol. The van der Waals surface area contributed by atoms with Crippen LogP contribution in [0.15, 0.2) is 24.3 Å². The van der Waals surface area contributed by atoms with Crippen molar-refractivity contribution in [1.29, 1.82) is 0 Å². The summed E-state index contributed by atoms with van der Waals surface area (Å²) in [6.45, 7) is 4.01. The minimum Gasteiger partial charge on any atom is -0.397 e. The Bertz CT molecular complexity index is 260. The first kappa shape index (κ1) is 10.9. The number of nitrogens with two attached hydrogens (primary N) is 1. The van der Waals surface area contributed by atoms with E-state index >= 15 is 0 Å². The summed E-state index contributed by atoms with van der Waals surface area (Å²) in [5.41, 5.74) is 7.56. The second-order valence-electron chi connectivity index (χ2n) is 3.29. The van der Waals surface area contributed by atoms with Crippen LogP contribution in [0.3, 0.4) is 0 Å². The summed E-state index contributed by atoms with van der Waals surface area (Å²) in [5.74, 6) is 0. The molecule has 0 atom stereocenters. The van der Waals surface area contributed by atoms with E-state index in [0.717, 1.165) is 24.6 Å². The van der Waals surface area contributed by atoms with Gasteiger partial charge in [-0.25, -0.2) is 0 Å². The topological polar surface area (TPSA) is 50.1 Å². The summed E-state index contributed by atoms with van der Waals surface area (Å²) in [4.78, 5) is 0. The summed E-state index contributed by atoms with van der Waals surface area (Å²) in [6, 6.07) is 7.79. The van der Waals surface area contributed by atoms with Crippen LogP contribution in [0.5, 0.6) is 0 Å². The minimum absolute atomic E-state index is 0.772. The number of hydrogen-bond donors (Lipinski definition) is 3. The van der Waals surface area contributed by atoms with E-state index in [-0.39, 0.29) is 0 Å². The van der Waals surface area contributed by atoms with E-state index in [1.54, 1.807) is 0 Å². The van der Waals surface area contributed by atoms with Gasteiger partial charge >= 0.3 is 0 Å². The van der Waals surface area contributed by atoms with Crippen molar-refractivity contribution in [3.05, 3.63) is 24.3 Å². The van der Waals surface area contributed by atoms with Gasteiger partial charge in [0.15, 0.2) is 0 Å². The highest BCUT2D eigenvalue weighted by molar-refractivity contribution is 5.65. The third-order valence-electron chi connectivity index (χ3n) is 2.07. The maximum absolute atomic E-state index is 5.77. The molecule has 0 heterocycles. The lowest BCUT2D eigenvalue weighted by Crippen LogP contribution is -2.23. The quantitative estimate of drug-likeness (QED) is 0.368.